The van der Waals surface area contributed by atoms with Crippen LogP contribution in [0.4, 0.5) is 32.3 Å². The lowest BCUT2D eigenvalue weighted by molar-refractivity contribution is 0.261. The molecule has 0 heterocycles. The predicted molar refractivity (Wildman–Crippen MR) is 143 cm³/mol. The quantitative estimate of drug-likeness (QED) is 0.244. The zero-order valence-corrected chi connectivity index (χ0v) is 19.8. The first kappa shape index (κ1) is 23.6. The fourth-order valence-corrected chi connectivity index (χ4v) is 3.51. The van der Waals surface area contributed by atoms with E-state index in [4.69, 9.17) is 0 Å². The molecule has 0 unspecified atom stereocenters. The molecular weight excluding hydrogens is 436 g/mol. The number of urea groups is 2. The van der Waals surface area contributed by atoms with Gasteiger partial charge in [0.2, 0.25) is 0 Å². The lowest BCUT2D eigenvalue weighted by atomic mass is 10.0. The van der Waals surface area contributed by atoms with Crippen LogP contribution >= 0.6 is 0 Å². The molecule has 0 spiro atoms. The molecule has 4 amide bonds. The normalized spacial score (nSPS) is 10.3. The van der Waals surface area contributed by atoms with Crippen LogP contribution in [0, 0.1) is 13.8 Å². The highest BCUT2D eigenvalue weighted by Gasteiger charge is 2.05. The zero-order chi connectivity index (χ0) is 24.6. The highest BCUT2D eigenvalue weighted by molar-refractivity contribution is 6.00. The van der Waals surface area contributed by atoms with Crippen LogP contribution in [0.15, 0.2) is 97.1 Å². The number of carbonyl (C=O) groups excluding carboxylic acids is 2. The summed E-state index contributed by atoms with van der Waals surface area (Å²) in [4.78, 5) is 24.4. The van der Waals surface area contributed by atoms with Gasteiger partial charge in [0.05, 0.1) is 0 Å². The van der Waals surface area contributed by atoms with E-state index in [-0.39, 0.29) is 12.1 Å². The molecule has 4 rings (SSSR count). The van der Waals surface area contributed by atoms with E-state index in [9.17, 15) is 9.59 Å². The van der Waals surface area contributed by atoms with Crippen molar-refractivity contribution in [2.45, 2.75) is 20.3 Å². The Kier molecular flexibility index (Phi) is 7.43. The average molecular weight is 465 g/mol. The van der Waals surface area contributed by atoms with E-state index in [0.717, 1.165) is 51.4 Å². The molecule has 4 N–H and O–H groups in total. The minimum Gasteiger partial charge on any atom is -0.308 e. The smallest absolute Gasteiger partial charge is 0.308 e. The molecule has 4 aromatic carbocycles. The van der Waals surface area contributed by atoms with Crippen molar-refractivity contribution < 1.29 is 9.59 Å². The van der Waals surface area contributed by atoms with Crippen molar-refractivity contribution in [2.75, 3.05) is 21.3 Å². The summed E-state index contributed by atoms with van der Waals surface area (Å²) >= 11 is 0. The Balaban J connectivity index is 1.26. The number of hydrogen-bond acceptors (Lipinski definition) is 2. The van der Waals surface area contributed by atoms with Crippen LogP contribution in [0.1, 0.15) is 22.3 Å². The predicted octanol–water partition coefficient (Wildman–Crippen LogP) is 7.18. The molecule has 6 heteroatoms. The summed E-state index contributed by atoms with van der Waals surface area (Å²) in [5.74, 6) is 0. The second-order valence-electron chi connectivity index (χ2n) is 8.46. The van der Waals surface area contributed by atoms with E-state index in [0.29, 0.717) is 0 Å². The summed E-state index contributed by atoms with van der Waals surface area (Å²) in [5.41, 5.74) is 7.45. The summed E-state index contributed by atoms with van der Waals surface area (Å²) in [5, 5.41) is 11.3. The zero-order valence-electron chi connectivity index (χ0n) is 19.8. The molecular formula is C29H28N4O2. The Morgan fingerprint density at radius 1 is 0.457 bits per heavy atom. The lowest BCUT2D eigenvalue weighted by Gasteiger charge is -2.10. The van der Waals surface area contributed by atoms with Gasteiger partial charge in [-0.2, -0.15) is 0 Å². The molecule has 0 saturated carbocycles. The molecule has 0 radical (unpaired) electrons. The van der Waals surface area contributed by atoms with Gasteiger partial charge in [-0.1, -0.05) is 59.7 Å². The number of rotatable bonds is 6. The molecule has 0 aliphatic heterocycles. The maximum absolute atomic E-state index is 12.2. The fourth-order valence-electron chi connectivity index (χ4n) is 3.51. The van der Waals surface area contributed by atoms with E-state index >= 15 is 0 Å². The summed E-state index contributed by atoms with van der Waals surface area (Å²) in [7, 11) is 0. The molecule has 0 bridgehead atoms. The monoisotopic (exact) mass is 464 g/mol. The largest absolute Gasteiger partial charge is 0.323 e. The van der Waals surface area contributed by atoms with Gasteiger partial charge < -0.3 is 21.3 Å². The second-order valence-corrected chi connectivity index (χ2v) is 8.46. The van der Waals surface area contributed by atoms with E-state index in [1.807, 2.05) is 111 Å². The van der Waals surface area contributed by atoms with Gasteiger partial charge >= 0.3 is 12.1 Å². The molecule has 0 fully saturated rings. The number of amides is 4. The Labute approximate surface area is 205 Å². The summed E-state index contributed by atoms with van der Waals surface area (Å²) in [6.45, 7) is 4.01. The van der Waals surface area contributed by atoms with Crippen molar-refractivity contribution in [1.29, 1.82) is 0 Å². The molecule has 6 nitrogen and oxygen atoms in total. The summed E-state index contributed by atoms with van der Waals surface area (Å²) < 4.78 is 0. The third-order valence-electron chi connectivity index (χ3n) is 5.45. The number of nitrogens with one attached hydrogen (secondary N) is 4. The Bertz CT molecular complexity index is 1180. The minimum atomic E-state index is -0.281. The van der Waals surface area contributed by atoms with Gasteiger partial charge in [0, 0.05) is 22.7 Å². The van der Waals surface area contributed by atoms with Crippen molar-refractivity contribution in [3.05, 3.63) is 119 Å². The molecule has 0 saturated heterocycles. The van der Waals surface area contributed by atoms with Crippen LogP contribution in [0.5, 0.6) is 0 Å². The topological polar surface area (TPSA) is 82.3 Å². The van der Waals surface area contributed by atoms with Gasteiger partial charge in [-0.05, 0) is 79.9 Å². The van der Waals surface area contributed by atoms with Gasteiger partial charge in [-0.25, -0.2) is 9.59 Å². The number of carbonyl (C=O) groups is 2. The molecule has 0 aliphatic rings. The minimum absolute atomic E-state index is 0.281. The second kappa shape index (κ2) is 11.0. The van der Waals surface area contributed by atoms with Crippen LogP contribution < -0.4 is 21.3 Å². The lowest BCUT2D eigenvalue weighted by Crippen LogP contribution is -2.19. The van der Waals surface area contributed by atoms with Crippen molar-refractivity contribution in [3.8, 4) is 0 Å². The first-order valence-corrected chi connectivity index (χ1v) is 11.4. The Morgan fingerprint density at radius 2 is 0.714 bits per heavy atom. The van der Waals surface area contributed by atoms with E-state index in [2.05, 4.69) is 21.3 Å². The van der Waals surface area contributed by atoms with Crippen LogP contribution in [0.2, 0.25) is 0 Å². The SMILES string of the molecule is Cc1ccc(NC(=O)Nc2ccc(Cc3ccc(NC(=O)Nc4ccc(C)cc4)cc3)cc2)cc1. The van der Waals surface area contributed by atoms with Crippen molar-refractivity contribution in [1.82, 2.24) is 0 Å². The van der Waals surface area contributed by atoms with Crippen LogP contribution in [-0.2, 0) is 6.42 Å². The third-order valence-corrected chi connectivity index (χ3v) is 5.45. The van der Waals surface area contributed by atoms with Crippen LogP contribution in [0.25, 0.3) is 0 Å². The first-order valence-electron chi connectivity index (χ1n) is 11.4. The molecule has 0 aliphatic carbocycles. The third kappa shape index (κ3) is 7.20. The van der Waals surface area contributed by atoms with E-state index in [1.54, 1.807) is 0 Å². The Morgan fingerprint density at radius 3 is 1.00 bits per heavy atom. The molecule has 0 atom stereocenters. The first-order chi connectivity index (χ1) is 16.9. The molecule has 4 aromatic rings. The molecule has 35 heavy (non-hydrogen) atoms. The van der Waals surface area contributed by atoms with Gasteiger partial charge in [0.15, 0.2) is 0 Å². The van der Waals surface area contributed by atoms with Gasteiger partial charge in [0.25, 0.3) is 0 Å². The Hall–Kier alpha value is -4.58. The van der Waals surface area contributed by atoms with Gasteiger partial charge in [-0.3, -0.25) is 0 Å². The number of benzene rings is 4. The molecule has 0 aromatic heterocycles. The highest BCUT2D eigenvalue weighted by Crippen LogP contribution is 2.17. The van der Waals surface area contributed by atoms with Crippen LogP contribution in [-0.4, -0.2) is 12.1 Å². The fraction of sp³-hybridized carbons (Fsp3) is 0.103. The number of hydrogen-bond donors (Lipinski definition) is 4. The van der Waals surface area contributed by atoms with Gasteiger partial charge in [0.1, 0.15) is 0 Å². The highest BCUT2D eigenvalue weighted by atomic mass is 16.2. The van der Waals surface area contributed by atoms with E-state index < -0.39 is 0 Å². The van der Waals surface area contributed by atoms with Crippen LogP contribution in [0.3, 0.4) is 0 Å². The van der Waals surface area contributed by atoms with Crippen molar-refractivity contribution >= 4 is 34.8 Å². The van der Waals surface area contributed by atoms with Crippen molar-refractivity contribution in [3.63, 3.8) is 0 Å². The van der Waals surface area contributed by atoms with Gasteiger partial charge in [-0.15, -0.1) is 0 Å². The summed E-state index contributed by atoms with van der Waals surface area (Å²) in [6, 6.07) is 30.2. The standard InChI is InChI=1S/C29H28N4O2/c1-20-3-11-24(12-4-20)30-28(34)32-26-15-7-22(8-16-26)19-23-9-17-27(18-10-23)33-29(35)31-25-13-5-21(2)6-14-25/h3-18H,19H2,1-2H3,(H2,30,32,34)(H2,31,33,35). The number of anilines is 4. The summed E-state index contributed by atoms with van der Waals surface area (Å²) in [6.07, 6.45) is 0.742. The van der Waals surface area contributed by atoms with E-state index in [1.165, 1.54) is 0 Å². The maximum Gasteiger partial charge on any atom is 0.323 e. The maximum atomic E-state index is 12.2. The molecule has 176 valence electrons. The average Bonchev–Trinajstić information content (AvgIpc) is 2.84. The number of aryl methyl sites for hydroxylation is 2. The van der Waals surface area contributed by atoms with Crippen molar-refractivity contribution in [2.24, 2.45) is 0 Å².